The molecule has 1 aromatic carbocycles. The van der Waals surface area contributed by atoms with Crippen molar-refractivity contribution in [3.63, 3.8) is 0 Å². The number of carbonyl (C=O) groups is 1. The number of rotatable bonds is 5. The van der Waals surface area contributed by atoms with Crippen LogP contribution in [0.3, 0.4) is 0 Å². The largest absolute Gasteiger partial charge is 0.490 e. The standard InChI is InChI=1S/C17H26N2O3/c1-4-21-15-8-7-14(13-16(15)22-5-2)17(20)19-10-6-9-18(3)11-12-19/h7-8,13H,4-6,9-12H2,1-3H3. The zero-order valence-electron chi connectivity index (χ0n) is 13.8. The summed E-state index contributed by atoms with van der Waals surface area (Å²) in [5, 5.41) is 0. The normalized spacial score (nSPS) is 16.2. The third-order valence-corrected chi connectivity index (χ3v) is 3.80. The van der Waals surface area contributed by atoms with E-state index < -0.39 is 0 Å². The van der Waals surface area contributed by atoms with Gasteiger partial charge in [0.25, 0.3) is 5.91 Å². The predicted molar refractivity (Wildman–Crippen MR) is 86.8 cm³/mol. The lowest BCUT2D eigenvalue weighted by Gasteiger charge is -2.21. The molecule has 0 atom stereocenters. The topological polar surface area (TPSA) is 42.0 Å². The van der Waals surface area contributed by atoms with E-state index in [0.717, 1.165) is 32.6 Å². The number of ether oxygens (including phenoxy) is 2. The van der Waals surface area contributed by atoms with Crippen molar-refractivity contribution in [2.45, 2.75) is 20.3 Å². The third-order valence-electron chi connectivity index (χ3n) is 3.80. The van der Waals surface area contributed by atoms with Gasteiger partial charge in [0.05, 0.1) is 13.2 Å². The van der Waals surface area contributed by atoms with Crippen molar-refractivity contribution in [1.82, 2.24) is 9.80 Å². The van der Waals surface area contributed by atoms with E-state index in [0.29, 0.717) is 30.3 Å². The summed E-state index contributed by atoms with van der Waals surface area (Å²) in [6.07, 6.45) is 1.01. The molecule has 0 spiro atoms. The van der Waals surface area contributed by atoms with Gasteiger partial charge in [-0.2, -0.15) is 0 Å². The van der Waals surface area contributed by atoms with Crippen LogP contribution >= 0.6 is 0 Å². The highest BCUT2D eigenvalue weighted by molar-refractivity contribution is 5.95. The molecule has 1 aliphatic heterocycles. The summed E-state index contributed by atoms with van der Waals surface area (Å²) in [4.78, 5) is 16.9. The van der Waals surface area contributed by atoms with Crippen LogP contribution in [0.25, 0.3) is 0 Å². The smallest absolute Gasteiger partial charge is 0.254 e. The molecule has 2 rings (SSSR count). The highest BCUT2D eigenvalue weighted by atomic mass is 16.5. The molecular weight excluding hydrogens is 280 g/mol. The van der Waals surface area contributed by atoms with Crippen LogP contribution in [0, 0.1) is 0 Å². The number of amides is 1. The fourth-order valence-electron chi connectivity index (χ4n) is 2.62. The molecule has 122 valence electrons. The van der Waals surface area contributed by atoms with Gasteiger partial charge >= 0.3 is 0 Å². The molecule has 1 aliphatic rings. The Hall–Kier alpha value is -1.75. The molecule has 5 heteroatoms. The molecule has 0 N–H and O–H groups in total. The van der Waals surface area contributed by atoms with Crippen LogP contribution in [0.4, 0.5) is 0 Å². The van der Waals surface area contributed by atoms with Crippen molar-refractivity contribution in [3.05, 3.63) is 23.8 Å². The second kappa shape index (κ2) is 8.03. The van der Waals surface area contributed by atoms with Gasteiger partial charge in [0.1, 0.15) is 0 Å². The zero-order chi connectivity index (χ0) is 15.9. The molecule has 1 aromatic rings. The van der Waals surface area contributed by atoms with E-state index in [2.05, 4.69) is 11.9 Å². The Kier molecular flexibility index (Phi) is 6.07. The third kappa shape index (κ3) is 4.13. The summed E-state index contributed by atoms with van der Waals surface area (Å²) in [6, 6.07) is 5.45. The minimum Gasteiger partial charge on any atom is -0.490 e. The SMILES string of the molecule is CCOc1ccc(C(=O)N2CCCN(C)CC2)cc1OCC. The molecule has 0 aliphatic carbocycles. The summed E-state index contributed by atoms with van der Waals surface area (Å²) in [6.45, 7) is 8.51. The van der Waals surface area contributed by atoms with E-state index in [4.69, 9.17) is 9.47 Å². The maximum absolute atomic E-state index is 12.7. The van der Waals surface area contributed by atoms with Crippen molar-refractivity contribution in [2.24, 2.45) is 0 Å². The second-order valence-electron chi connectivity index (χ2n) is 5.48. The second-order valence-corrected chi connectivity index (χ2v) is 5.48. The Bertz CT molecular complexity index is 505. The molecule has 1 heterocycles. The van der Waals surface area contributed by atoms with Gasteiger partial charge in [-0.15, -0.1) is 0 Å². The highest BCUT2D eigenvalue weighted by Crippen LogP contribution is 2.29. The molecule has 0 aromatic heterocycles. The minimum atomic E-state index is 0.0688. The Morgan fingerprint density at radius 1 is 1.05 bits per heavy atom. The molecule has 0 radical (unpaired) electrons. The molecule has 0 bridgehead atoms. The lowest BCUT2D eigenvalue weighted by molar-refractivity contribution is 0.0762. The van der Waals surface area contributed by atoms with Crippen LogP contribution in [-0.2, 0) is 0 Å². The highest BCUT2D eigenvalue weighted by Gasteiger charge is 2.20. The number of nitrogens with zero attached hydrogens (tertiary/aromatic N) is 2. The van der Waals surface area contributed by atoms with Gasteiger partial charge in [-0.1, -0.05) is 0 Å². The minimum absolute atomic E-state index is 0.0688. The molecule has 5 nitrogen and oxygen atoms in total. The quantitative estimate of drug-likeness (QED) is 0.837. The van der Waals surface area contributed by atoms with Crippen LogP contribution in [-0.4, -0.2) is 62.1 Å². The van der Waals surface area contributed by atoms with Gasteiger partial charge < -0.3 is 19.3 Å². The van der Waals surface area contributed by atoms with Crippen LogP contribution in [0.2, 0.25) is 0 Å². The summed E-state index contributed by atoms with van der Waals surface area (Å²) < 4.78 is 11.2. The van der Waals surface area contributed by atoms with E-state index in [1.54, 1.807) is 6.07 Å². The van der Waals surface area contributed by atoms with Crippen molar-refractivity contribution in [1.29, 1.82) is 0 Å². The number of likely N-dealkylation sites (N-methyl/N-ethyl adjacent to an activating group) is 1. The summed E-state index contributed by atoms with van der Waals surface area (Å²) in [5.41, 5.74) is 0.663. The lowest BCUT2D eigenvalue weighted by Crippen LogP contribution is -2.34. The van der Waals surface area contributed by atoms with Crippen molar-refractivity contribution in [3.8, 4) is 11.5 Å². The zero-order valence-corrected chi connectivity index (χ0v) is 13.8. The van der Waals surface area contributed by atoms with Crippen molar-refractivity contribution in [2.75, 3.05) is 46.4 Å². The van der Waals surface area contributed by atoms with E-state index in [1.165, 1.54) is 0 Å². The van der Waals surface area contributed by atoms with Crippen LogP contribution in [0.15, 0.2) is 18.2 Å². The van der Waals surface area contributed by atoms with E-state index in [-0.39, 0.29) is 5.91 Å². The van der Waals surface area contributed by atoms with Gasteiger partial charge in [0, 0.05) is 25.2 Å². The van der Waals surface area contributed by atoms with Gasteiger partial charge in [0.15, 0.2) is 11.5 Å². The van der Waals surface area contributed by atoms with E-state index in [1.807, 2.05) is 30.9 Å². The summed E-state index contributed by atoms with van der Waals surface area (Å²) in [5.74, 6) is 1.40. The maximum atomic E-state index is 12.7. The Balaban J connectivity index is 2.16. The first-order valence-corrected chi connectivity index (χ1v) is 8.03. The molecule has 1 fully saturated rings. The monoisotopic (exact) mass is 306 g/mol. The fraction of sp³-hybridized carbons (Fsp3) is 0.588. The number of hydrogen-bond donors (Lipinski definition) is 0. The first-order valence-electron chi connectivity index (χ1n) is 8.03. The molecule has 0 saturated carbocycles. The molecule has 1 amide bonds. The molecule has 0 unspecified atom stereocenters. The first-order chi connectivity index (χ1) is 10.7. The van der Waals surface area contributed by atoms with Gasteiger partial charge in [-0.05, 0) is 52.1 Å². The molecule has 22 heavy (non-hydrogen) atoms. The molecular formula is C17H26N2O3. The van der Waals surface area contributed by atoms with Crippen LogP contribution in [0.1, 0.15) is 30.6 Å². The van der Waals surface area contributed by atoms with Gasteiger partial charge in [-0.25, -0.2) is 0 Å². The fourth-order valence-corrected chi connectivity index (χ4v) is 2.62. The Labute approximate surface area is 132 Å². The Morgan fingerprint density at radius 3 is 2.50 bits per heavy atom. The average molecular weight is 306 g/mol. The van der Waals surface area contributed by atoms with Crippen LogP contribution < -0.4 is 9.47 Å². The average Bonchev–Trinajstić information content (AvgIpc) is 2.73. The van der Waals surface area contributed by atoms with Gasteiger partial charge in [-0.3, -0.25) is 4.79 Å². The number of benzene rings is 1. The number of hydrogen-bond acceptors (Lipinski definition) is 4. The van der Waals surface area contributed by atoms with E-state index in [9.17, 15) is 4.79 Å². The lowest BCUT2D eigenvalue weighted by atomic mass is 10.1. The van der Waals surface area contributed by atoms with Crippen molar-refractivity contribution < 1.29 is 14.3 Å². The van der Waals surface area contributed by atoms with Crippen molar-refractivity contribution >= 4 is 5.91 Å². The predicted octanol–water partition coefficient (Wildman–Crippen LogP) is 2.26. The van der Waals surface area contributed by atoms with Crippen LogP contribution in [0.5, 0.6) is 11.5 Å². The van der Waals surface area contributed by atoms with E-state index >= 15 is 0 Å². The first kappa shape index (κ1) is 16.6. The summed E-state index contributed by atoms with van der Waals surface area (Å²) >= 11 is 0. The van der Waals surface area contributed by atoms with Gasteiger partial charge in [0.2, 0.25) is 0 Å². The number of carbonyl (C=O) groups excluding carboxylic acids is 1. The maximum Gasteiger partial charge on any atom is 0.254 e. The summed E-state index contributed by atoms with van der Waals surface area (Å²) in [7, 11) is 2.10. The Morgan fingerprint density at radius 2 is 1.77 bits per heavy atom. The molecule has 1 saturated heterocycles.